The van der Waals surface area contributed by atoms with E-state index in [-0.39, 0.29) is 0 Å². The van der Waals surface area contributed by atoms with Crippen molar-refractivity contribution < 1.29 is 4.74 Å². The van der Waals surface area contributed by atoms with E-state index in [4.69, 9.17) is 14.7 Å². The molecule has 0 aliphatic rings. The molecule has 4 aromatic rings. The lowest BCUT2D eigenvalue weighted by Gasteiger charge is -2.07. The van der Waals surface area contributed by atoms with Crippen LogP contribution in [0.4, 0.5) is 0 Å². The topological polar surface area (TPSA) is 35.0 Å². The number of benzene rings is 2. The van der Waals surface area contributed by atoms with Gasteiger partial charge in [0.25, 0.3) is 0 Å². The number of hydrogen-bond acceptors (Lipinski definition) is 6. The predicted molar refractivity (Wildman–Crippen MR) is 111 cm³/mol. The Bertz CT molecular complexity index is 1020. The summed E-state index contributed by atoms with van der Waals surface area (Å²) in [4.78, 5) is 10.6. The first-order valence-electron chi connectivity index (χ1n) is 8.06. The third-order valence-electron chi connectivity index (χ3n) is 3.72. The first kappa shape index (κ1) is 17.4. The highest BCUT2D eigenvalue weighted by Gasteiger charge is 2.12. The third-order valence-corrected chi connectivity index (χ3v) is 6.65. The minimum absolute atomic E-state index is 0.810. The molecule has 0 saturated carbocycles. The van der Waals surface area contributed by atoms with E-state index in [0.717, 1.165) is 36.8 Å². The van der Waals surface area contributed by atoms with Crippen LogP contribution in [0.5, 0.6) is 5.75 Å². The molecule has 0 aliphatic carbocycles. The minimum atomic E-state index is 0.810. The molecule has 0 amide bonds. The van der Waals surface area contributed by atoms with Crippen LogP contribution in [0.2, 0.25) is 0 Å². The van der Waals surface area contributed by atoms with Crippen molar-refractivity contribution in [2.45, 2.75) is 20.8 Å². The van der Waals surface area contributed by atoms with Gasteiger partial charge in [-0.25, -0.2) is 9.97 Å². The normalized spacial score (nSPS) is 11.0. The van der Waals surface area contributed by atoms with E-state index in [2.05, 4.69) is 41.8 Å². The van der Waals surface area contributed by atoms with Gasteiger partial charge in [0.2, 0.25) is 0 Å². The molecule has 0 fully saturated rings. The summed E-state index contributed by atoms with van der Waals surface area (Å²) in [6, 6.07) is 20.5. The van der Waals surface area contributed by atoms with E-state index in [1.54, 1.807) is 42.0 Å². The number of hydrogen-bond donors (Lipinski definition) is 0. The van der Waals surface area contributed by atoms with Gasteiger partial charge in [0.05, 0.1) is 17.3 Å². The highest BCUT2D eigenvalue weighted by molar-refractivity contribution is 8.00. The SMILES string of the molecule is COc1cccc(Sc2nc(SCc3ccccc3)nc3ccsc23)c1. The Labute approximate surface area is 164 Å². The van der Waals surface area contributed by atoms with Crippen molar-refractivity contribution in [2.75, 3.05) is 7.11 Å². The number of methoxy groups -OCH3 is 1. The molecular weight excluding hydrogens is 380 g/mol. The molecule has 2 aromatic carbocycles. The quantitative estimate of drug-likeness (QED) is 0.222. The fourth-order valence-electron chi connectivity index (χ4n) is 2.45. The van der Waals surface area contributed by atoms with Crippen molar-refractivity contribution in [3.05, 3.63) is 71.6 Å². The molecule has 3 nitrogen and oxygen atoms in total. The van der Waals surface area contributed by atoms with Crippen LogP contribution >= 0.6 is 34.9 Å². The largest absolute Gasteiger partial charge is 0.497 e. The summed E-state index contributed by atoms with van der Waals surface area (Å²) in [6.07, 6.45) is 0. The maximum Gasteiger partial charge on any atom is 0.189 e. The summed E-state index contributed by atoms with van der Waals surface area (Å²) in [5.74, 6) is 1.71. The Morgan fingerprint density at radius 1 is 1.00 bits per heavy atom. The lowest BCUT2D eigenvalue weighted by molar-refractivity contribution is 0.413. The zero-order valence-electron chi connectivity index (χ0n) is 14.1. The Kier molecular flexibility index (Phi) is 5.43. The van der Waals surface area contributed by atoms with Crippen molar-refractivity contribution in [1.29, 1.82) is 0 Å². The summed E-state index contributed by atoms with van der Waals surface area (Å²) < 4.78 is 6.46. The van der Waals surface area contributed by atoms with Crippen LogP contribution < -0.4 is 4.74 Å². The number of ether oxygens (including phenoxy) is 1. The first-order valence-corrected chi connectivity index (χ1v) is 10.7. The maximum absolute atomic E-state index is 5.33. The van der Waals surface area contributed by atoms with Gasteiger partial charge >= 0.3 is 0 Å². The monoisotopic (exact) mass is 396 g/mol. The second-order valence-electron chi connectivity index (χ2n) is 5.50. The summed E-state index contributed by atoms with van der Waals surface area (Å²) >= 11 is 5.00. The summed E-state index contributed by atoms with van der Waals surface area (Å²) in [6.45, 7) is 0. The van der Waals surface area contributed by atoms with Crippen molar-refractivity contribution in [2.24, 2.45) is 0 Å². The Hall–Kier alpha value is -2.02. The fraction of sp³-hybridized carbons (Fsp3) is 0.100. The molecule has 0 bridgehead atoms. The number of rotatable bonds is 6. The van der Waals surface area contributed by atoms with Gasteiger partial charge in [-0.1, -0.05) is 59.9 Å². The van der Waals surface area contributed by atoms with Gasteiger partial charge in [-0.15, -0.1) is 11.3 Å². The van der Waals surface area contributed by atoms with Gasteiger partial charge in [0.1, 0.15) is 10.8 Å². The molecule has 6 heteroatoms. The smallest absolute Gasteiger partial charge is 0.189 e. The standard InChI is InChI=1S/C20H16N2OS3/c1-23-15-8-5-9-16(12-15)26-19-18-17(10-11-24-18)21-20(22-19)25-13-14-6-3-2-4-7-14/h2-12H,13H2,1H3. The molecule has 0 saturated heterocycles. The molecule has 0 spiro atoms. The highest BCUT2D eigenvalue weighted by Crippen LogP contribution is 2.37. The van der Waals surface area contributed by atoms with Crippen molar-refractivity contribution in [3.8, 4) is 5.75 Å². The van der Waals surface area contributed by atoms with Crippen molar-refractivity contribution >= 4 is 45.1 Å². The average Bonchev–Trinajstić information content (AvgIpc) is 3.16. The van der Waals surface area contributed by atoms with Crippen LogP contribution in [0.25, 0.3) is 10.2 Å². The maximum atomic E-state index is 5.33. The summed E-state index contributed by atoms with van der Waals surface area (Å²) in [5, 5.41) is 3.87. The van der Waals surface area contributed by atoms with Crippen LogP contribution in [0.1, 0.15) is 5.56 Å². The molecule has 2 aromatic heterocycles. The molecule has 0 N–H and O–H groups in total. The lowest BCUT2D eigenvalue weighted by Crippen LogP contribution is -1.91. The Balaban J connectivity index is 1.62. The Morgan fingerprint density at radius 2 is 1.88 bits per heavy atom. The van der Waals surface area contributed by atoms with Gasteiger partial charge in [0, 0.05) is 10.6 Å². The van der Waals surface area contributed by atoms with E-state index < -0.39 is 0 Å². The van der Waals surface area contributed by atoms with Gasteiger partial charge in [-0.05, 0) is 35.2 Å². The number of fused-ring (bicyclic) bond motifs is 1. The molecule has 0 aliphatic heterocycles. The molecule has 0 radical (unpaired) electrons. The number of nitrogens with zero attached hydrogens (tertiary/aromatic N) is 2. The fourth-order valence-corrected chi connectivity index (χ4v) is 5.17. The molecule has 2 heterocycles. The molecule has 0 unspecified atom stereocenters. The Morgan fingerprint density at radius 3 is 2.73 bits per heavy atom. The molecule has 4 rings (SSSR count). The van der Waals surface area contributed by atoms with Crippen LogP contribution in [0, 0.1) is 0 Å². The second-order valence-corrected chi connectivity index (χ2v) is 8.42. The second kappa shape index (κ2) is 8.12. The summed E-state index contributed by atoms with van der Waals surface area (Å²) in [5.41, 5.74) is 2.28. The number of aromatic nitrogens is 2. The van der Waals surface area contributed by atoms with Gasteiger partial charge in [-0.2, -0.15) is 0 Å². The van der Waals surface area contributed by atoms with Crippen LogP contribution in [0.3, 0.4) is 0 Å². The number of thiophene rings is 1. The highest BCUT2D eigenvalue weighted by atomic mass is 32.2. The minimum Gasteiger partial charge on any atom is -0.497 e. The zero-order chi connectivity index (χ0) is 17.8. The van der Waals surface area contributed by atoms with Gasteiger partial charge < -0.3 is 4.74 Å². The number of thioether (sulfide) groups is 1. The molecule has 0 atom stereocenters. The average molecular weight is 397 g/mol. The van der Waals surface area contributed by atoms with E-state index in [0.29, 0.717) is 0 Å². The van der Waals surface area contributed by atoms with E-state index in [9.17, 15) is 0 Å². The molecular formula is C20H16N2OS3. The molecule has 26 heavy (non-hydrogen) atoms. The first-order chi connectivity index (χ1) is 12.8. The van der Waals surface area contributed by atoms with Crippen LogP contribution in [-0.4, -0.2) is 17.1 Å². The van der Waals surface area contributed by atoms with Crippen LogP contribution in [0.15, 0.2) is 81.1 Å². The van der Waals surface area contributed by atoms with Crippen molar-refractivity contribution in [1.82, 2.24) is 9.97 Å². The summed E-state index contributed by atoms with van der Waals surface area (Å²) in [7, 11) is 1.68. The zero-order valence-corrected chi connectivity index (χ0v) is 16.5. The predicted octanol–water partition coefficient (Wildman–Crippen LogP) is 6.14. The van der Waals surface area contributed by atoms with E-state index in [1.807, 2.05) is 24.3 Å². The van der Waals surface area contributed by atoms with E-state index >= 15 is 0 Å². The molecule has 130 valence electrons. The van der Waals surface area contributed by atoms with Crippen molar-refractivity contribution in [3.63, 3.8) is 0 Å². The van der Waals surface area contributed by atoms with E-state index in [1.165, 1.54) is 5.56 Å². The van der Waals surface area contributed by atoms with Gasteiger partial charge in [0.15, 0.2) is 5.16 Å². The lowest BCUT2D eigenvalue weighted by atomic mass is 10.2. The third kappa shape index (κ3) is 4.03. The van der Waals surface area contributed by atoms with Gasteiger partial charge in [-0.3, -0.25) is 0 Å². The van der Waals surface area contributed by atoms with Crippen LogP contribution in [-0.2, 0) is 5.75 Å².